The van der Waals surface area contributed by atoms with Gasteiger partial charge in [0.15, 0.2) is 0 Å². The van der Waals surface area contributed by atoms with Gasteiger partial charge in [-0.15, -0.1) is 0 Å². The minimum atomic E-state index is -1.16. The Morgan fingerprint density at radius 3 is 2.00 bits per heavy atom. The second-order valence-corrected chi connectivity index (χ2v) is 5.61. The molecule has 0 spiro atoms. The van der Waals surface area contributed by atoms with Gasteiger partial charge in [0.05, 0.1) is 0 Å². The molecule has 0 aliphatic carbocycles. The molecule has 0 saturated heterocycles. The van der Waals surface area contributed by atoms with Crippen LogP contribution in [0.3, 0.4) is 0 Å². The van der Waals surface area contributed by atoms with E-state index >= 15 is 0 Å². The largest absolute Gasteiger partial charge is 0.480 e. The number of hydrogen-bond acceptors (Lipinski definition) is 2. The molecule has 0 bridgehead atoms. The summed E-state index contributed by atoms with van der Waals surface area (Å²) in [5.74, 6) is -0.484. The SMILES string of the molecule is CCC(CC)(NC(=O)N(C)C(C)CC(C)C)C(=O)O. The predicted molar refractivity (Wildman–Crippen MR) is 76.2 cm³/mol. The highest BCUT2D eigenvalue weighted by Crippen LogP contribution is 2.17. The van der Waals surface area contributed by atoms with Gasteiger partial charge in [0.25, 0.3) is 0 Å². The fourth-order valence-corrected chi connectivity index (χ4v) is 2.12. The highest BCUT2D eigenvalue weighted by Gasteiger charge is 2.37. The zero-order valence-electron chi connectivity index (χ0n) is 13.0. The topological polar surface area (TPSA) is 69.6 Å². The zero-order chi connectivity index (χ0) is 15.2. The van der Waals surface area contributed by atoms with E-state index in [1.165, 1.54) is 0 Å². The lowest BCUT2D eigenvalue weighted by molar-refractivity contribution is -0.144. The molecule has 0 fully saturated rings. The summed E-state index contributed by atoms with van der Waals surface area (Å²) in [6.07, 6.45) is 1.64. The van der Waals surface area contributed by atoms with E-state index < -0.39 is 11.5 Å². The molecule has 0 radical (unpaired) electrons. The molecular formula is C14H28N2O3. The van der Waals surface area contributed by atoms with Gasteiger partial charge in [0, 0.05) is 13.1 Å². The van der Waals surface area contributed by atoms with E-state index in [1.807, 2.05) is 6.92 Å². The average Bonchev–Trinajstić information content (AvgIpc) is 2.33. The average molecular weight is 272 g/mol. The number of hydrogen-bond donors (Lipinski definition) is 2. The number of carbonyl (C=O) groups excluding carboxylic acids is 1. The van der Waals surface area contributed by atoms with Gasteiger partial charge in [0.2, 0.25) is 0 Å². The van der Waals surface area contributed by atoms with Crippen molar-refractivity contribution in [3.63, 3.8) is 0 Å². The quantitative estimate of drug-likeness (QED) is 0.748. The monoisotopic (exact) mass is 272 g/mol. The van der Waals surface area contributed by atoms with Crippen LogP contribution in [0.4, 0.5) is 4.79 Å². The van der Waals surface area contributed by atoms with Crippen molar-refractivity contribution >= 4 is 12.0 Å². The number of carboxylic acid groups (broad SMARTS) is 1. The van der Waals surface area contributed by atoms with Gasteiger partial charge in [-0.25, -0.2) is 9.59 Å². The van der Waals surface area contributed by atoms with Crippen LogP contribution < -0.4 is 5.32 Å². The summed E-state index contributed by atoms with van der Waals surface area (Å²) in [5.41, 5.74) is -1.16. The van der Waals surface area contributed by atoms with Crippen LogP contribution in [-0.2, 0) is 4.79 Å². The molecule has 2 N–H and O–H groups in total. The molecular weight excluding hydrogens is 244 g/mol. The van der Waals surface area contributed by atoms with Crippen LogP contribution >= 0.6 is 0 Å². The molecule has 1 unspecified atom stereocenters. The maximum atomic E-state index is 12.2. The van der Waals surface area contributed by atoms with Crippen LogP contribution in [0.15, 0.2) is 0 Å². The molecule has 0 aliphatic rings. The first-order valence-electron chi connectivity index (χ1n) is 6.98. The summed E-state index contributed by atoms with van der Waals surface area (Å²) in [7, 11) is 1.71. The summed E-state index contributed by atoms with van der Waals surface area (Å²) in [4.78, 5) is 25.1. The minimum absolute atomic E-state index is 0.0835. The first-order valence-corrected chi connectivity index (χ1v) is 6.98. The van der Waals surface area contributed by atoms with Crippen molar-refractivity contribution in [1.82, 2.24) is 10.2 Å². The molecule has 5 nitrogen and oxygen atoms in total. The molecule has 112 valence electrons. The number of nitrogens with one attached hydrogen (secondary N) is 1. The zero-order valence-corrected chi connectivity index (χ0v) is 13.0. The summed E-state index contributed by atoms with van der Waals surface area (Å²) in [6, 6.07) is -0.237. The van der Waals surface area contributed by atoms with Crippen LogP contribution in [0.5, 0.6) is 0 Å². The number of amides is 2. The highest BCUT2D eigenvalue weighted by molar-refractivity contribution is 5.86. The van der Waals surface area contributed by atoms with E-state index in [4.69, 9.17) is 0 Å². The third kappa shape index (κ3) is 4.73. The molecule has 0 rings (SSSR count). The van der Waals surface area contributed by atoms with E-state index in [0.29, 0.717) is 18.8 Å². The van der Waals surface area contributed by atoms with Crippen molar-refractivity contribution in [1.29, 1.82) is 0 Å². The number of carbonyl (C=O) groups is 2. The molecule has 0 aliphatic heterocycles. The normalized spacial score (nSPS) is 13.2. The summed E-state index contributed by atoms with van der Waals surface area (Å²) in [6.45, 7) is 9.72. The Labute approximate surface area is 116 Å². The van der Waals surface area contributed by atoms with E-state index in [2.05, 4.69) is 19.2 Å². The molecule has 0 aromatic rings. The van der Waals surface area contributed by atoms with Gasteiger partial charge < -0.3 is 15.3 Å². The van der Waals surface area contributed by atoms with Crippen molar-refractivity contribution in [3.8, 4) is 0 Å². The molecule has 2 amide bonds. The lowest BCUT2D eigenvalue weighted by Crippen LogP contribution is -2.57. The van der Waals surface area contributed by atoms with Gasteiger partial charge in [0.1, 0.15) is 5.54 Å². The Bertz CT molecular complexity index is 312. The third-order valence-electron chi connectivity index (χ3n) is 3.76. The number of urea groups is 1. The summed E-state index contributed by atoms with van der Waals surface area (Å²) >= 11 is 0. The van der Waals surface area contributed by atoms with Gasteiger partial charge in [-0.3, -0.25) is 0 Å². The summed E-state index contributed by atoms with van der Waals surface area (Å²) < 4.78 is 0. The molecule has 0 aromatic heterocycles. The molecule has 0 aromatic carbocycles. The minimum Gasteiger partial charge on any atom is -0.480 e. The van der Waals surface area contributed by atoms with Crippen LogP contribution in [0.2, 0.25) is 0 Å². The fraction of sp³-hybridized carbons (Fsp3) is 0.857. The Kier molecular flexibility index (Phi) is 6.87. The standard InChI is InChI=1S/C14H28N2O3/c1-7-14(8-2,12(17)18)15-13(19)16(6)11(5)9-10(3)4/h10-11H,7-9H2,1-6H3,(H,15,19)(H,17,18). The second-order valence-electron chi connectivity index (χ2n) is 5.61. The summed E-state index contributed by atoms with van der Waals surface area (Å²) in [5, 5.41) is 12.0. The lowest BCUT2D eigenvalue weighted by Gasteiger charge is -2.33. The van der Waals surface area contributed by atoms with Crippen molar-refractivity contribution in [2.45, 2.75) is 65.5 Å². The second kappa shape index (κ2) is 7.36. The Morgan fingerprint density at radius 2 is 1.68 bits per heavy atom. The van der Waals surface area contributed by atoms with Crippen LogP contribution in [0.1, 0.15) is 53.9 Å². The predicted octanol–water partition coefficient (Wildman–Crippen LogP) is 2.71. The Balaban J connectivity index is 4.78. The van der Waals surface area contributed by atoms with Crippen LogP contribution in [-0.4, -0.2) is 40.6 Å². The van der Waals surface area contributed by atoms with Crippen molar-refractivity contribution in [2.24, 2.45) is 5.92 Å². The first kappa shape index (κ1) is 17.7. The maximum absolute atomic E-state index is 12.2. The molecule has 19 heavy (non-hydrogen) atoms. The number of nitrogens with zero attached hydrogens (tertiary/aromatic N) is 1. The van der Waals surface area contributed by atoms with Crippen LogP contribution in [0.25, 0.3) is 0 Å². The van der Waals surface area contributed by atoms with E-state index in [0.717, 1.165) is 6.42 Å². The van der Waals surface area contributed by atoms with Gasteiger partial charge >= 0.3 is 12.0 Å². The third-order valence-corrected chi connectivity index (χ3v) is 3.76. The van der Waals surface area contributed by atoms with E-state index in [-0.39, 0.29) is 12.1 Å². The first-order chi connectivity index (χ1) is 8.70. The Morgan fingerprint density at radius 1 is 1.21 bits per heavy atom. The van der Waals surface area contributed by atoms with Gasteiger partial charge in [-0.1, -0.05) is 27.7 Å². The lowest BCUT2D eigenvalue weighted by atomic mass is 9.93. The number of rotatable bonds is 7. The van der Waals surface area contributed by atoms with Gasteiger partial charge in [-0.05, 0) is 32.1 Å². The Hall–Kier alpha value is -1.26. The molecule has 0 saturated carbocycles. The highest BCUT2D eigenvalue weighted by atomic mass is 16.4. The van der Waals surface area contributed by atoms with E-state index in [9.17, 15) is 14.7 Å². The van der Waals surface area contributed by atoms with E-state index in [1.54, 1.807) is 25.8 Å². The smallest absolute Gasteiger partial charge is 0.329 e. The van der Waals surface area contributed by atoms with Gasteiger partial charge in [-0.2, -0.15) is 0 Å². The van der Waals surface area contributed by atoms with Crippen LogP contribution in [0, 0.1) is 5.92 Å². The molecule has 1 atom stereocenters. The number of carboxylic acids is 1. The van der Waals surface area contributed by atoms with Crippen molar-refractivity contribution < 1.29 is 14.7 Å². The number of aliphatic carboxylic acids is 1. The van der Waals surface area contributed by atoms with Crippen molar-refractivity contribution in [2.75, 3.05) is 7.05 Å². The fourth-order valence-electron chi connectivity index (χ4n) is 2.12. The maximum Gasteiger partial charge on any atom is 0.329 e. The molecule has 0 heterocycles. The molecule has 5 heteroatoms. The van der Waals surface area contributed by atoms with Crippen molar-refractivity contribution in [3.05, 3.63) is 0 Å².